The maximum Gasteiger partial charge on any atom is 0.229 e. The van der Waals surface area contributed by atoms with Crippen LogP contribution in [-0.4, -0.2) is 10.9 Å². The number of thiazole rings is 1. The average Bonchev–Trinajstić information content (AvgIpc) is 2.89. The van der Waals surface area contributed by atoms with Gasteiger partial charge in [-0.2, -0.15) is 0 Å². The van der Waals surface area contributed by atoms with Crippen molar-refractivity contribution in [2.24, 2.45) is 5.92 Å². The van der Waals surface area contributed by atoms with Gasteiger partial charge in [0.1, 0.15) is 0 Å². The van der Waals surface area contributed by atoms with Crippen LogP contribution in [0.5, 0.6) is 0 Å². The number of carbonyl (C=O) groups is 1. The van der Waals surface area contributed by atoms with Gasteiger partial charge in [-0.05, 0) is 43.4 Å². The molecule has 20 heavy (non-hydrogen) atoms. The number of benzene rings is 1. The first-order chi connectivity index (χ1) is 9.76. The molecule has 0 fully saturated rings. The molecule has 3 rings (SSSR count). The number of hydrogen-bond acceptors (Lipinski definition) is 3. The molecule has 1 heterocycles. The number of aromatic nitrogens is 1. The van der Waals surface area contributed by atoms with Gasteiger partial charge >= 0.3 is 0 Å². The van der Waals surface area contributed by atoms with Crippen molar-refractivity contribution in [3.63, 3.8) is 0 Å². The minimum absolute atomic E-state index is 0.0956. The first-order valence-electron chi connectivity index (χ1n) is 7.11. The molecule has 0 spiro atoms. The van der Waals surface area contributed by atoms with E-state index in [9.17, 15) is 4.79 Å². The van der Waals surface area contributed by atoms with Crippen LogP contribution in [0.3, 0.4) is 0 Å². The number of nitrogens with zero attached hydrogens (tertiary/aromatic N) is 1. The molecule has 104 valence electrons. The molecule has 1 aliphatic rings. The molecular weight excluding hydrogens is 268 g/mol. The Hall–Kier alpha value is -1.68. The molecule has 2 aromatic rings. The monoisotopic (exact) mass is 286 g/mol. The Morgan fingerprint density at radius 3 is 3.10 bits per heavy atom. The van der Waals surface area contributed by atoms with Crippen LogP contribution in [0.25, 0.3) is 10.2 Å². The van der Waals surface area contributed by atoms with E-state index >= 15 is 0 Å². The van der Waals surface area contributed by atoms with E-state index < -0.39 is 0 Å². The Bertz CT molecular complexity index is 660. The number of allylic oxidation sites excluding steroid dienone is 2. The second-order valence-corrected chi connectivity index (χ2v) is 6.18. The zero-order chi connectivity index (χ0) is 13.9. The molecule has 0 bridgehead atoms. The van der Waals surface area contributed by atoms with Gasteiger partial charge in [-0.15, -0.1) is 0 Å². The van der Waals surface area contributed by atoms with Crippen molar-refractivity contribution in [1.29, 1.82) is 0 Å². The Kier molecular flexibility index (Phi) is 3.83. The lowest BCUT2D eigenvalue weighted by molar-refractivity contribution is -0.120. The Labute approximate surface area is 122 Å². The van der Waals surface area contributed by atoms with Crippen molar-refractivity contribution >= 4 is 32.6 Å². The lowest BCUT2D eigenvalue weighted by Crippen LogP contribution is -2.23. The lowest BCUT2D eigenvalue weighted by atomic mass is 9.94. The smallest absolute Gasteiger partial charge is 0.229 e. The van der Waals surface area contributed by atoms with Crippen molar-refractivity contribution in [3.05, 3.63) is 35.9 Å². The molecule has 1 N–H and O–H groups in total. The number of aryl methyl sites for hydroxylation is 1. The van der Waals surface area contributed by atoms with Crippen molar-refractivity contribution in [1.82, 2.24) is 4.98 Å². The van der Waals surface area contributed by atoms with Crippen molar-refractivity contribution < 1.29 is 4.79 Å². The van der Waals surface area contributed by atoms with Crippen LogP contribution in [0, 0.1) is 5.92 Å². The topological polar surface area (TPSA) is 42.0 Å². The fourth-order valence-electron chi connectivity index (χ4n) is 2.48. The summed E-state index contributed by atoms with van der Waals surface area (Å²) in [6.45, 7) is 2.14. The lowest BCUT2D eigenvalue weighted by Gasteiger charge is -2.15. The number of rotatable bonds is 3. The van der Waals surface area contributed by atoms with Crippen molar-refractivity contribution in [2.45, 2.75) is 32.6 Å². The highest BCUT2D eigenvalue weighted by molar-refractivity contribution is 7.22. The third-order valence-electron chi connectivity index (χ3n) is 3.73. The molecule has 1 atom stereocenters. The van der Waals surface area contributed by atoms with E-state index in [1.807, 2.05) is 6.07 Å². The van der Waals surface area contributed by atoms with E-state index in [1.54, 1.807) is 11.3 Å². The van der Waals surface area contributed by atoms with E-state index in [0.717, 1.165) is 35.9 Å². The Balaban J connectivity index is 1.77. The zero-order valence-electron chi connectivity index (χ0n) is 11.6. The highest BCUT2D eigenvalue weighted by Crippen LogP contribution is 2.28. The van der Waals surface area contributed by atoms with Gasteiger partial charge < -0.3 is 5.32 Å². The van der Waals surface area contributed by atoms with E-state index in [1.165, 1.54) is 5.56 Å². The summed E-state index contributed by atoms with van der Waals surface area (Å²) in [5.74, 6) is 0.197. The van der Waals surface area contributed by atoms with Gasteiger partial charge in [-0.25, -0.2) is 4.98 Å². The van der Waals surface area contributed by atoms with E-state index in [-0.39, 0.29) is 11.8 Å². The summed E-state index contributed by atoms with van der Waals surface area (Å²) < 4.78 is 1.14. The summed E-state index contributed by atoms with van der Waals surface area (Å²) in [4.78, 5) is 16.7. The van der Waals surface area contributed by atoms with Gasteiger partial charge in [-0.1, -0.05) is 36.5 Å². The second kappa shape index (κ2) is 5.75. The third-order valence-corrected chi connectivity index (χ3v) is 4.66. The van der Waals surface area contributed by atoms with Crippen LogP contribution in [-0.2, 0) is 11.2 Å². The molecule has 1 aromatic heterocycles. The SMILES string of the molecule is CCc1ccc2nc(NC(=O)[C@@H]3CC=CCC3)sc2c1. The summed E-state index contributed by atoms with van der Waals surface area (Å²) >= 11 is 1.56. The second-order valence-electron chi connectivity index (χ2n) is 5.15. The summed E-state index contributed by atoms with van der Waals surface area (Å²) in [5.41, 5.74) is 2.27. The van der Waals surface area contributed by atoms with Gasteiger partial charge in [0, 0.05) is 5.92 Å². The predicted octanol–water partition coefficient (Wildman–Crippen LogP) is 4.15. The van der Waals surface area contributed by atoms with E-state index in [4.69, 9.17) is 0 Å². The van der Waals surface area contributed by atoms with Crippen LogP contribution in [0.4, 0.5) is 5.13 Å². The third kappa shape index (κ3) is 2.75. The summed E-state index contributed by atoms with van der Waals surface area (Å²) in [6, 6.07) is 6.29. The molecule has 1 aromatic carbocycles. The van der Waals surface area contributed by atoms with E-state index in [0.29, 0.717) is 5.13 Å². The standard InChI is InChI=1S/C16H18N2OS/c1-2-11-8-9-13-14(10-11)20-16(17-13)18-15(19)12-6-4-3-5-7-12/h3-4,8-10,12H,2,5-7H2,1H3,(H,17,18,19)/t12-/m1/s1. The summed E-state index contributed by atoms with van der Waals surface area (Å²) in [5, 5.41) is 3.69. The fraction of sp³-hybridized carbons (Fsp3) is 0.375. The summed E-state index contributed by atoms with van der Waals surface area (Å²) in [6.07, 6.45) is 8.04. The van der Waals surface area contributed by atoms with Gasteiger partial charge in [0.25, 0.3) is 0 Å². The van der Waals surface area contributed by atoms with Gasteiger partial charge in [0.05, 0.1) is 10.2 Å². The minimum atomic E-state index is 0.0956. The molecule has 3 nitrogen and oxygen atoms in total. The van der Waals surface area contributed by atoms with Crippen molar-refractivity contribution in [3.8, 4) is 0 Å². The van der Waals surface area contributed by atoms with Gasteiger partial charge in [0.15, 0.2) is 5.13 Å². The van der Waals surface area contributed by atoms with Crippen LogP contribution >= 0.6 is 11.3 Å². The Morgan fingerprint density at radius 2 is 2.35 bits per heavy atom. The normalized spacial score (nSPS) is 18.4. The predicted molar refractivity (Wildman–Crippen MR) is 84.1 cm³/mol. The zero-order valence-corrected chi connectivity index (χ0v) is 12.4. The Morgan fingerprint density at radius 1 is 1.45 bits per heavy atom. The first-order valence-corrected chi connectivity index (χ1v) is 7.93. The maximum atomic E-state index is 12.2. The molecule has 1 amide bonds. The number of anilines is 1. The number of fused-ring (bicyclic) bond motifs is 1. The summed E-state index contributed by atoms with van der Waals surface area (Å²) in [7, 11) is 0. The van der Waals surface area contributed by atoms with Crippen LogP contribution < -0.4 is 5.32 Å². The molecule has 0 saturated heterocycles. The maximum absolute atomic E-state index is 12.2. The molecule has 4 heteroatoms. The molecule has 0 unspecified atom stereocenters. The van der Waals surface area contributed by atoms with Crippen LogP contribution in [0.1, 0.15) is 31.7 Å². The van der Waals surface area contributed by atoms with Gasteiger partial charge in [-0.3, -0.25) is 4.79 Å². The number of nitrogens with one attached hydrogen (secondary N) is 1. The molecule has 0 radical (unpaired) electrons. The van der Waals surface area contributed by atoms with Crippen molar-refractivity contribution in [2.75, 3.05) is 5.32 Å². The van der Waals surface area contributed by atoms with Crippen LogP contribution in [0.2, 0.25) is 0 Å². The molecule has 0 aliphatic heterocycles. The fourth-order valence-corrected chi connectivity index (χ4v) is 3.41. The highest BCUT2D eigenvalue weighted by atomic mass is 32.1. The molecule has 1 aliphatic carbocycles. The average molecular weight is 286 g/mol. The van der Waals surface area contributed by atoms with E-state index in [2.05, 4.69) is 41.5 Å². The quantitative estimate of drug-likeness (QED) is 0.861. The number of carbonyl (C=O) groups excluding carboxylic acids is 1. The highest BCUT2D eigenvalue weighted by Gasteiger charge is 2.19. The number of amides is 1. The van der Waals surface area contributed by atoms with Crippen LogP contribution in [0.15, 0.2) is 30.4 Å². The largest absolute Gasteiger partial charge is 0.302 e. The first kappa shape index (κ1) is 13.3. The van der Waals surface area contributed by atoms with Gasteiger partial charge in [0.2, 0.25) is 5.91 Å². The molecule has 0 saturated carbocycles. The minimum Gasteiger partial charge on any atom is -0.302 e. The molecular formula is C16H18N2OS. The number of hydrogen-bond donors (Lipinski definition) is 1.